The maximum Gasteiger partial charge on any atom is 0.418 e. The standard InChI is InChI=1S/C19H13F4N3O/c20-14-6-2-4-8-16(14)26-18(27)17-11-12(9-10-24-17)25-15-7-3-1-5-13(15)19(21,22)23/h1-11H,(H,24,25)(H,26,27). The van der Waals surface area contributed by atoms with E-state index < -0.39 is 23.5 Å². The first kappa shape index (κ1) is 18.4. The molecule has 0 fully saturated rings. The maximum atomic E-state index is 13.6. The smallest absolute Gasteiger partial charge is 0.355 e. The minimum atomic E-state index is -4.53. The Morgan fingerprint density at radius 1 is 0.926 bits per heavy atom. The van der Waals surface area contributed by atoms with E-state index in [0.717, 1.165) is 6.07 Å². The fraction of sp³-hybridized carbons (Fsp3) is 0.0526. The summed E-state index contributed by atoms with van der Waals surface area (Å²) in [4.78, 5) is 16.1. The number of benzene rings is 2. The van der Waals surface area contributed by atoms with Crippen LogP contribution < -0.4 is 10.6 Å². The Hall–Kier alpha value is -3.42. The Bertz CT molecular complexity index is 973. The summed E-state index contributed by atoms with van der Waals surface area (Å²) in [5, 5.41) is 5.00. The van der Waals surface area contributed by atoms with Crippen LogP contribution >= 0.6 is 0 Å². The zero-order valence-electron chi connectivity index (χ0n) is 13.7. The number of carbonyl (C=O) groups excluding carboxylic acids is 1. The highest BCUT2D eigenvalue weighted by Crippen LogP contribution is 2.35. The molecule has 0 saturated heterocycles. The topological polar surface area (TPSA) is 54.0 Å². The van der Waals surface area contributed by atoms with Crippen LogP contribution in [-0.2, 0) is 6.18 Å². The van der Waals surface area contributed by atoms with Crippen LogP contribution in [0.3, 0.4) is 0 Å². The normalized spacial score (nSPS) is 11.1. The number of aromatic nitrogens is 1. The van der Waals surface area contributed by atoms with Gasteiger partial charge in [-0.25, -0.2) is 4.39 Å². The third-order valence-electron chi connectivity index (χ3n) is 3.63. The van der Waals surface area contributed by atoms with Crippen molar-refractivity contribution >= 4 is 23.0 Å². The zero-order chi connectivity index (χ0) is 19.4. The predicted octanol–water partition coefficient (Wildman–Crippen LogP) is 5.24. The van der Waals surface area contributed by atoms with Gasteiger partial charge in [0.1, 0.15) is 11.5 Å². The van der Waals surface area contributed by atoms with Crippen molar-refractivity contribution in [1.29, 1.82) is 0 Å². The van der Waals surface area contributed by atoms with Crippen LogP contribution in [0.2, 0.25) is 0 Å². The Labute approximate surface area is 151 Å². The highest BCUT2D eigenvalue weighted by atomic mass is 19.4. The van der Waals surface area contributed by atoms with Gasteiger partial charge in [0.2, 0.25) is 0 Å². The van der Waals surface area contributed by atoms with E-state index in [1.807, 2.05) is 0 Å². The molecule has 0 unspecified atom stereocenters. The van der Waals surface area contributed by atoms with Crippen LogP contribution in [0.5, 0.6) is 0 Å². The van der Waals surface area contributed by atoms with Crippen molar-refractivity contribution in [2.45, 2.75) is 6.18 Å². The van der Waals surface area contributed by atoms with E-state index >= 15 is 0 Å². The van der Waals surface area contributed by atoms with Crippen molar-refractivity contribution in [1.82, 2.24) is 4.98 Å². The van der Waals surface area contributed by atoms with Crippen LogP contribution in [-0.4, -0.2) is 10.9 Å². The van der Waals surface area contributed by atoms with Gasteiger partial charge in [0, 0.05) is 11.9 Å². The lowest BCUT2D eigenvalue weighted by Crippen LogP contribution is -2.15. The molecular formula is C19H13F4N3O. The summed E-state index contributed by atoms with van der Waals surface area (Å²) < 4.78 is 52.9. The maximum absolute atomic E-state index is 13.6. The fourth-order valence-corrected chi connectivity index (χ4v) is 2.38. The molecular weight excluding hydrogens is 362 g/mol. The molecule has 3 rings (SSSR count). The summed E-state index contributed by atoms with van der Waals surface area (Å²) in [6, 6.07) is 13.3. The van der Waals surface area contributed by atoms with E-state index in [-0.39, 0.29) is 22.8 Å². The molecule has 2 aromatic carbocycles. The van der Waals surface area contributed by atoms with Crippen LogP contribution in [0.25, 0.3) is 0 Å². The predicted molar refractivity (Wildman–Crippen MR) is 93.3 cm³/mol. The molecule has 0 radical (unpaired) electrons. The van der Waals surface area contributed by atoms with Crippen molar-refractivity contribution in [2.75, 3.05) is 10.6 Å². The van der Waals surface area contributed by atoms with Gasteiger partial charge in [-0.15, -0.1) is 0 Å². The summed E-state index contributed by atoms with van der Waals surface area (Å²) >= 11 is 0. The van der Waals surface area contributed by atoms with E-state index in [0.29, 0.717) is 0 Å². The fourth-order valence-electron chi connectivity index (χ4n) is 2.38. The minimum absolute atomic E-state index is 0.0231. The molecule has 0 atom stereocenters. The molecule has 3 aromatic rings. The van der Waals surface area contributed by atoms with Crippen molar-refractivity contribution in [2.24, 2.45) is 0 Å². The monoisotopic (exact) mass is 375 g/mol. The summed E-state index contributed by atoms with van der Waals surface area (Å²) in [5.41, 5.74) is -0.853. The quantitative estimate of drug-likeness (QED) is 0.614. The van der Waals surface area contributed by atoms with E-state index in [2.05, 4.69) is 15.6 Å². The Balaban J connectivity index is 1.83. The lowest BCUT2D eigenvalue weighted by molar-refractivity contribution is -0.136. The number of halogens is 4. The molecule has 138 valence electrons. The molecule has 1 heterocycles. The second kappa shape index (κ2) is 7.45. The largest absolute Gasteiger partial charge is 0.418 e. The molecule has 0 aliphatic rings. The highest BCUT2D eigenvalue weighted by molar-refractivity contribution is 6.03. The van der Waals surface area contributed by atoms with E-state index in [1.54, 1.807) is 6.07 Å². The summed E-state index contributed by atoms with van der Waals surface area (Å²) in [6.45, 7) is 0. The van der Waals surface area contributed by atoms with E-state index in [9.17, 15) is 22.4 Å². The summed E-state index contributed by atoms with van der Waals surface area (Å²) in [6.07, 6.45) is -3.25. The lowest BCUT2D eigenvalue weighted by Gasteiger charge is -2.14. The number of alkyl halides is 3. The van der Waals surface area contributed by atoms with Crippen molar-refractivity contribution in [3.05, 3.63) is 83.9 Å². The second-order valence-corrected chi connectivity index (χ2v) is 5.53. The zero-order valence-corrected chi connectivity index (χ0v) is 13.7. The first-order valence-corrected chi connectivity index (χ1v) is 7.80. The molecule has 4 nitrogen and oxygen atoms in total. The van der Waals surface area contributed by atoms with Gasteiger partial charge in [-0.1, -0.05) is 24.3 Å². The number of para-hydroxylation sites is 2. The second-order valence-electron chi connectivity index (χ2n) is 5.53. The summed E-state index contributed by atoms with van der Waals surface area (Å²) in [5.74, 6) is -1.30. The molecule has 0 spiro atoms. The molecule has 27 heavy (non-hydrogen) atoms. The number of nitrogens with zero attached hydrogens (tertiary/aromatic N) is 1. The average Bonchev–Trinajstić information content (AvgIpc) is 2.63. The number of anilines is 3. The third kappa shape index (κ3) is 4.41. The minimum Gasteiger partial charge on any atom is -0.355 e. The first-order valence-electron chi connectivity index (χ1n) is 7.80. The SMILES string of the molecule is O=C(Nc1ccccc1F)c1cc(Nc2ccccc2C(F)(F)F)ccn1. The van der Waals surface area contributed by atoms with E-state index in [1.165, 1.54) is 54.7 Å². The average molecular weight is 375 g/mol. The van der Waals surface area contributed by atoms with E-state index in [4.69, 9.17) is 0 Å². The molecule has 0 bridgehead atoms. The molecule has 1 aromatic heterocycles. The highest BCUT2D eigenvalue weighted by Gasteiger charge is 2.33. The number of nitrogens with one attached hydrogen (secondary N) is 2. The summed E-state index contributed by atoms with van der Waals surface area (Å²) in [7, 11) is 0. The number of hydrogen-bond acceptors (Lipinski definition) is 3. The molecule has 1 amide bonds. The number of hydrogen-bond donors (Lipinski definition) is 2. The van der Waals surface area contributed by atoms with Crippen molar-refractivity contribution in [3.63, 3.8) is 0 Å². The van der Waals surface area contributed by atoms with Crippen LogP contribution in [0.15, 0.2) is 66.9 Å². The Kier molecular flexibility index (Phi) is 5.07. The van der Waals surface area contributed by atoms with Gasteiger partial charge in [-0.2, -0.15) is 13.2 Å². The third-order valence-corrected chi connectivity index (χ3v) is 3.63. The van der Waals surface area contributed by atoms with Gasteiger partial charge >= 0.3 is 6.18 Å². The van der Waals surface area contributed by atoms with Gasteiger partial charge in [-0.3, -0.25) is 9.78 Å². The molecule has 2 N–H and O–H groups in total. The van der Waals surface area contributed by atoms with Gasteiger partial charge in [0.15, 0.2) is 0 Å². The van der Waals surface area contributed by atoms with Crippen molar-refractivity contribution in [3.8, 4) is 0 Å². The molecule has 0 saturated carbocycles. The Morgan fingerprint density at radius 3 is 2.30 bits per heavy atom. The molecule has 0 aliphatic heterocycles. The van der Waals surface area contributed by atoms with Crippen molar-refractivity contribution < 1.29 is 22.4 Å². The van der Waals surface area contributed by atoms with Gasteiger partial charge in [0.05, 0.1) is 16.9 Å². The van der Waals surface area contributed by atoms with Crippen LogP contribution in [0, 0.1) is 5.82 Å². The number of pyridine rings is 1. The first-order chi connectivity index (χ1) is 12.8. The number of rotatable bonds is 4. The number of amides is 1. The number of carbonyl (C=O) groups is 1. The van der Waals surface area contributed by atoms with Gasteiger partial charge in [0.25, 0.3) is 5.91 Å². The van der Waals surface area contributed by atoms with Crippen LogP contribution in [0.1, 0.15) is 16.1 Å². The Morgan fingerprint density at radius 2 is 1.59 bits per heavy atom. The molecule has 8 heteroatoms. The lowest BCUT2D eigenvalue weighted by atomic mass is 10.1. The van der Waals surface area contributed by atoms with Gasteiger partial charge < -0.3 is 10.6 Å². The van der Waals surface area contributed by atoms with Gasteiger partial charge in [-0.05, 0) is 36.4 Å². The molecule has 0 aliphatic carbocycles. The van der Waals surface area contributed by atoms with Crippen LogP contribution in [0.4, 0.5) is 34.6 Å².